The van der Waals surface area contributed by atoms with Crippen LogP contribution in [0.25, 0.3) is 0 Å². The Morgan fingerprint density at radius 2 is 2.12 bits per heavy atom. The van der Waals surface area contributed by atoms with Gasteiger partial charge in [-0.1, -0.05) is 6.07 Å². The van der Waals surface area contributed by atoms with Crippen LogP contribution in [0.15, 0.2) is 23.7 Å². The quantitative estimate of drug-likeness (QED) is 0.902. The van der Waals surface area contributed by atoms with Crippen molar-refractivity contribution in [3.8, 4) is 0 Å². The van der Waals surface area contributed by atoms with E-state index in [-0.39, 0.29) is 6.04 Å². The van der Waals surface area contributed by atoms with Gasteiger partial charge >= 0.3 is 0 Å². The summed E-state index contributed by atoms with van der Waals surface area (Å²) in [5.41, 5.74) is 3.35. The second-order valence-corrected chi connectivity index (χ2v) is 5.13. The van der Waals surface area contributed by atoms with Crippen molar-refractivity contribution in [3.05, 3.63) is 45.7 Å². The Morgan fingerprint density at radius 3 is 2.71 bits per heavy atom. The molecule has 0 aliphatic heterocycles. The Labute approximate surface area is 106 Å². The molecule has 90 valence electrons. The van der Waals surface area contributed by atoms with Gasteiger partial charge in [-0.3, -0.25) is 4.98 Å². The molecule has 3 nitrogen and oxygen atoms in total. The van der Waals surface area contributed by atoms with Gasteiger partial charge in [0.15, 0.2) is 0 Å². The molecule has 0 saturated carbocycles. The molecule has 0 fully saturated rings. The third kappa shape index (κ3) is 3.35. The van der Waals surface area contributed by atoms with Gasteiger partial charge in [-0.05, 0) is 32.4 Å². The summed E-state index contributed by atoms with van der Waals surface area (Å²) in [5.74, 6) is 0. The number of thiazole rings is 1. The molecule has 2 aromatic rings. The molecule has 4 heteroatoms. The van der Waals surface area contributed by atoms with E-state index < -0.39 is 0 Å². The van der Waals surface area contributed by atoms with Gasteiger partial charge in [0.25, 0.3) is 0 Å². The van der Waals surface area contributed by atoms with Crippen molar-refractivity contribution in [2.45, 2.75) is 33.4 Å². The molecule has 0 aliphatic rings. The molecule has 2 heterocycles. The summed E-state index contributed by atoms with van der Waals surface area (Å²) in [7, 11) is 0. The molecule has 2 aromatic heterocycles. The summed E-state index contributed by atoms with van der Waals surface area (Å²) in [6, 6.07) is 4.43. The predicted octanol–water partition coefficient (Wildman–Crippen LogP) is 3.01. The summed E-state index contributed by atoms with van der Waals surface area (Å²) >= 11 is 1.71. The Bertz CT molecular complexity index is 476. The Kier molecular flexibility index (Phi) is 3.86. The Morgan fingerprint density at radius 1 is 1.29 bits per heavy atom. The van der Waals surface area contributed by atoms with E-state index in [2.05, 4.69) is 33.7 Å². The maximum atomic E-state index is 4.48. The number of aryl methyl sites for hydroxylation is 2. The summed E-state index contributed by atoms with van der Waals surface area (Å²) < 4.78 is 0. The van der Waals surface area contributed by atoms with Crippen molar-refractivity contribution in [1.29, 1.82) is 0 Å². The first-order valence-corrected chi connectivity index (χ1v) is 6.60. The van der Waals surface area contributed by atoms with Crippen molar-refractivity contribution >= 4 is 11.3 Å². The van der Waals surface area contributed by atoms with Crippen LogP contribution in [0.4, 0.5) is 0 Å². The van der Waals surface area contributed by atoms with Gasteiger partial charge in [-0.2, -0.15) is 0 Å². The second kappa shape index (κ2) is 5.38. The minimum Gasteiger partial charge on any atom is -0.304 e. The fraction of sp³-hybridized carbons (Fsp3) is 0.385. The largest absolute Gasteiger partial charge is 0.304 e. The van der Waals surface area contributed by atoms with Crippen LogP contribution in [-0.4, -0.2) is 9.97 Å². The highest BCUT2D eigenvalue weighted by molar-refractivity contribution is 7.09. The predicted molar refractivity (Wildman–Crippen MR) is 71.1 cm³/mol. The number of rotatable bonds is 4. The summed E-state index contributed by atoms with van der Waals surface area (Å²) in [6.07, 6.45) is 1.92. The fourth-order valence-corrected chi connectivity index (χ4v) is 2.36. The Balaban J connectivity index is 1.92. The summed E-state index contributed by atoms with van der Waals surface area (Å²) in [5, 5.41) is 6.68. The van der Waals surface area contributed by atoms with Crippen LogP contribution in [0, 0.1) is 13.8 Å². The first-order valence-electron chi connectivity index (χ1n) is 5.72. The molecule has 0 spiro atoms. The molecule has 0 saturated heterocycles. The van der Waals surface area contributed by atoms with E-state index in [0.29, 0.717) is 0 Å². The van der Waals surface area contributed by atoms with Crippen molar-refractivity contribution in [2.24, 2.45) is 0 Å². The van der Waals surface area contributed by atoms with Crippen LogP contribution < -0.4 is 5.32 Å². The topological polar surface area (TPSA) is 37.8 Å². The minimum absolute atomic E-state index is 0.287. The Hall–Kier alpha value is -1.26. The standard InChI is InChI=1S/C13H17N3S/c1-9-4-5-12(6-14-9)7-15-11(3)13-16-10(2)8-17-13/h4-6,8,11,15H,7H2,1-3H3. The number of hydrogen-bond donors (Lipinski definition) is 1. The van der Waals surface area contributed by atoms with E-state index in [1.807, 2.05) is 26.1 Å². The van der Waals surface area contributed by atoms with Gasteiger partial charge in [-0.25, -0.2) is 4.98 Å². The molecule has 1 atom stereocenters. The van der Waals surface area contributed by atoms with Crippen LogP contribution in [0.5, 0.6) is 0 Å². The highest BCUT2D eigenvalue weighted by Gasteiger charge is 2.08. The van der Waals surface area contributed by atoms with Gasteiger partial charge in [0.1, 0.15) is 5.01 Å². The van der Waals surface area contributed by atoms with Gasteiger partial charge in [-0.15, -0.1) is 11.3 Å². The third-order valence-corrected chi connectivity index (χ3v) is 3.74. The van der Waals surface area contributed by atoms with Crippen LogP contribution in [-0.2, 0) is 6.54 Å². The zero-order valence-electron chi connectivity index (χ0n) is 10.4. The molecule has 0 aromatic carbocycles. The zero-order valence-corrected chi connectivity index (χ0v) is 11.2. The van der Waals surface area contributed by atoms with E-state index in [0.717, 1.165) is 22.9 Å². The number of nitrogens with one attached hydrogen (secondary N) is 1. The first-order chi connectivity index (χ1) is 8.15. The van der Waals surface area contributed by atoms with Crippen LogP contribution in [0.3, 0.4) is 0 Å². The summed E-state index contributed by atoms with van der Waals surface area (Å²) in [4.78, 5) is 8.76. The molecule has 1 N–H and O–H groups in total. The fourth-order valence-electron chi connectivity index (χ4n) is 1.53. The lowest BCUT2D eigenvalue weighted by atomic mass is 10.2. The smallest absolute Gasteiger partial charge is 0.110 e. The molecule has 0 bridgehead atoms. The number of nitrogens with zero attached hydrogens (tertiary/aromatic N) is 2. The average molecular weight is 247 g/mol. The molecule has 1 unspecified atom stereocenters. The van der Waals surface area contributed by atoms with Crippen LogP contribution in [0.1, 0.15) is 34.9 Å². The van der Waals surface area contributed by atoms with Gasteiger partial charge < -0.3 is 5.32 Å². The lowest BCUT2D eigenvalue weighted by molar-refractivity contribution is 0.570. The van der Waals surface area contributed by atoms with E-state index in [4.69, 9.17) is 0 Å². The number of aromatic nitrogens is 2. The number of pyridine rings is 1. The highest BCUT2D eigenvalue weighted by atomic mass is 32.1. The minimum atomic E-state index is 0.287. The average Bonchev–Trinajstić information content (AvgIpc) is 2.75. The molecule has 17 heavy (non-hydrogen) atoms. The van der Waals surface area contributed by atoms with E-state index >= 15 is 0 Å². The maximum absolute atomic E-state index is 4.48. The monoisotopic (exact) mass is 247 g/mol. The molecule has 0 amide bonds. The van der Waals surface area contributed by atoms with E-state index in [9.17, 15) is 0 Å². The zero-order chi connectivity index (χ0) is 12.3. The van der Waals surface area contributed by atoms with E-state index in [1.165, 1.54) is 5.56 Å². The molecule has 0 radical (unpaired) electrons. The van der Waals surface area contributed by atoms with Crippen molar-refractivity contribution < 1.29 is 0 Å². The maximum Gasteiger partial charge on any atom is 0.110 e. The molecular weight excluding hydrogens is 230 g/mol. The lowest BCUT2D eigenvalue weighted by Gasteiger charge is -2.10. The van der Waals surface area contributed by atoms with Crippen LogP contribution in [0.2, 0.25) is 0 Å². The molecule has 0 aliphatic carbocycles. The van der Waals surface area contributed by atoms with Gasteiger partial charge in [0, 0.05) is 29.5 Å². The number of hydrogen-bond acceptors (Lipinski definition) is 4. The molecular formula is C13H17N3S. The van der Waals surface area contributed by atoms with Crippen molar-refractivity contribution in [1.82, 2.24) is 15.3 Å². The highest BCUT2D eigenvalue weighted by Crippen LogP contribution is 2.17. The van der Waals surface area contributed by atoms with Crippen molar-refractivity contribution in [2.75, 3.05) is 0 Å². The third-order valence-electron chi connectivity index (χ3n) is 2.59. The SMILES string of the molecule is Cc1ccc(CNC(C)c2nc(C)cs2)cn1. The van der Waals surface area contributed by atoms with Gasteiger partial charge in [0.05, 0.1) is 6.04 Å². The van der Waals surface area contributed by atoms with E-state index in [1.54, 1.807) is 11.3 Å². The second-order valence-electron chi connectivity index (χ2n) is 4.24. The van der Waals surface area contributed by atoms with Crippen LogP contribution >= 0.6 is 11.3 Å². The van der Waals surface area contributed by atoms with Gasteiger partial charge in [0.2, 0.25) is 0 Å². The lowest BCUT2D eigenvalue weighted by Crippen LogP contribution is -2.18. The first kappa shape index (κ1) is 12.2. The normalized spacial score (nSPS) is 12.6. The summed E-state index contributed by atoms with van der Waals surface area (Å²) in [6.45, 7) is 6.99. The van der Waals surface area contributed by atoms with Crippen molar-refractivity contribution in [3.63, 3.8) is 0 Å². The molecule has 2 rings (SSSR count).